The largest absolute Gasteiger partial charge is 0.270 e. The Labute approximate surface area is 96.2 Å². The molecule has 1 aromatic carbocycles. The number of alkyl halides is 1. The van der Waals surface area contributed by atoms with Gasteiger partial charge in [-0.05, 0) is 5.56 Å². The van der Waals surface area contributed by atoms with Gasteiger partial charge in [-0.1, -0.05) is 17.7 Å². The van der Waals surface area contributed by atoms with Gasteiger partial charge in [-0.2, -0.15) is 5.26 Å². The van der Waals surface area contributed by atoms with Gasteiger partial charge in [0, 0.05) is 18.6 Å². The van der Waals surface area contributed by atoms with Gasteiger partial charge < -0.3 is 0 Å². The first-order valence-corrected chi connectivity index (χ1v) is 4.82. The van der Waals surface area contributed by atoms with E-state index in [4.69, 9.17) is 28.5 Å². The van der Waals surface area contributed by atoms with E-state index in [0.717, 1.165) is 0 Å². The lowest BCUT2D eigenvalue weighted by atomic mass is 10.1. The van der Waals surface area contributed by atoms with Crippen molar-refractivity contribution >= 4 is 28.9 Å². The number of nitro benzene ring substituents is 1. The average Bonchev–Trinajstić information content (AvgIpc) is 2.20. The maximum absolute atomic E-state index is 10.4. The molecule has 0 aliphatic rings. The van der Waals surface area contributed by atoms with Crippen molar-refractivity contribution in [2.45, 2.75) is 11.8 Å². The van der Waals surface area contributed by atoms with Gasteiger partial charge in [0.05, 0.1) is 16.0 Å². The van der Waals surface area contributed by atoms with Gasteiger partial charge >= 0.3 is 0 Å². The van der Waals surface area contributed by atoms with E-state index in [1.165, 1.54) is 18.2 Å². The highest BCUT2D eigenvalue weighted by molar-refractivity contribution is 6.31. The highest BCUT2D eigenvalue weighted by atomic mass is 35.5. The van der Waals surface area contributed by atoms with Crippen molar-refractivity contribution in [1.82, 2.24) is 0 Å². The molecule has 78 valence electrons. The topological polar surface area (TPSA) is 66.9 Å². The van der Waals surface area contributed by atoms with Crippen LogP contribution in [0.25, 0.3) is 0 Å². The molecular formula is C9H6Cl2N2O2. The third-order valence-electron chi connectivity index (χ3n) is 1.79. The van der Waals surface area contributed by atoms with E-state index in [0.29, 0.717) is 5.56 Å². The Bertz CT molecular complexity index is 429. The monoisotopic (exact) mass is 244 g/mol. The number of hydrogen-bond donors (Lipinski definition) is 0. The molecule has 0 spiro atoms. The molecule has 0 aromatic heterocycles. The Balaban J connectivity index is 2.94. The van der Waals surface area contributed by atoms with Gasteiger partial charge in [-0.15, -0.1) is 11.6 Å². The van der Waals surface area contributed by atoms with Crippen molar-refractivity contribution in [2.24, 2.45) is 0 Å². The van der Waals surface area contributed by atoms with E-state index in [1.807, 2.05) is 6.07 Å². The van der Waals surface area contributed by atoms with Crippen LogP contribution < -0.4 is 0 Å². The van der Waals surface area contributed by atoms with E-state index in [9.17, 15) is 10.1 Å². The van der Waals surface area contributed by atoms with Crippen molar-refractivity contribution in [2.75, 3.05) is 0 Å². The molecule has 0 bridgehead atoms. The maximum atomic E-state index is 10.4. The molecule has 1 unspecified atom stereocenters. The van der Waals surface area contributed by atoms with Crippen molar-refractivity contribution in [1.29, 1.82) is 5.26 Å². The van der Waals surface area contributed by atoms with Crippen LogP contribution >= 0.6 is 23.2 Å². The van der Waals surface area contributed by atoms with Gasteiger partial charge in [0.1, 0.15) is 5.38 Å². The van der Waals surface area contributed by atoms with Crippen LogP contribution in [0.1, 0.15) is 5.56 Å². The van der Waals surface area contributed by atoms with Crippen LogP contribution in [-0.2, 0) is 6.42 Å². The third kappa shape index (κ3) is 3.08. The molecule has 0 fully saturated rings. The maximum Gasteiger partial charge on any atom is 0.270 e. The normalized spacial score (nSPS) is 11.8. The highest BCUT2D eigenvalue weighted by Gasteiger charge is 2.12. The summed E-state index contributed by atoms with van der Waals surface area (Å²) >= 11 is 11.4. The minimum absolute atomic E-state index is 0.0770. The predicted octanol–water partition coefficient (Wildman–Crippen LogP) is 2.92. The van der Waals surface area contributed by atoms with Crippen molar-refractivity contribution in [3.05, 3.63) is 38.9 Å². The zero-order valence-corrected chi connectivity index (χ0v) is 9.00. The Morgan fingerprint density at radius 3 is 2.73 bits per heavy atom. The van der Waals surface area contributed by atoms with Crippen LogP contribution in [0.2, 0.25) is 5.02 Å². The van der Waals surface area contributed by atoms with Gasteiger partial charge in [0.2, 0.25) is 0 Å². The highest BCUT2D eigenvalue weighted by Crippen LogP contribution is 2.24. The molecule has 6 heteroatoms. The summed E-state index contributed by atoms with van der Waals surface area (Å²) in [7, 11) is 0. The number of non-ortho nitro benzene ring substituents is 1. The first-order valence-electron chi connectivity index (χ1n) is 4.01. The summed E-state index contributed by atoms with van der Waals surface area (Å²) < 4.78 is 0. The van der Waals surface area contributed by atoms with Crippen molar-refractivity contribution in [3.63, 3.8) is 0 Å². The Hall–Kier alpha value is -1.31. The quantitative estimate of drug-likeness (QED) is 0.467. The van der Waals surface area contributed by atoms with E-state index >= 15 is 0 Å². The summed E-state index contributed by atoms with van der Waals surface area (Å²) in [6, 6.07) is 5.94. The van der Waals surface area contributed by atoms with Crippen LogP contribution in [-0.4, -0.2) is 10.3 Å². The molecule has 0 radical (unpaired) electrons. The van der Waals surface area contributed by atoms with Crippen LogP contribution in [0.5, 0.6) is 0 Å². The lowest BCUT2D eigenvalue weighted by Gasteiger charge is -2.03. The van der Waals surface area contributed by atoms with Crippen LogP contribution in [0.15, 0.2) is 18.2 Å². The smallest absolute Gasteiger partial charge is 0.258 e. The summed E-state index contributed by atoms with van der Waals surface area (Å²) in [6.45, 7) is 0. The second kappa shape index (κ2) is 4.96. The average molecular weight is 245 g/mol. The van der Waals surface area contributed by atoms with Gasteiger partial charge in [-0.3, -0.25) is 10.1 Å². The van der Waals surface area contributed by atoms with Crippen molar-refractivity contribution in [3.8, 4) is 6.07 Å². The molecule has 1 atom stereocenters. The molecule has 0 aliphatic heterocycles. The first-order chi connectivity index (χ1) is 7.04. The first kappa shape index (κ1) is 11.8. The Morgan fingerprint density at radius 2 is 2.27 bits per heavy atom. The molecule has 0 heterocycles. The number of nitro groups is 1. The zero-order valence-electron chi connectivity index (χ0n) is 7.48. The standard InChI is InChI=1S/C9H6Cl2N2O2/c10-7(5-12)3-6-1-2-8(13(14)15)4-9(6)11/h1-2,4,7H,3H2. The molecule has 0 N–H and O–H groups in total. The number of rotatable bonds is 3. The lowest BCUT2D eigenvalue weighted by molar-refractivity contribution is -0.384. The van der Waals surface area contributed by atoms with E-state index < -0.39 is 10.3 Å². The van der Waals surface area contributed by atoms with E-state index in [1.54, 1.807) is 0 Å². The second-order valence-electron chi connectivity index (χ2n) is 2.83. The SMILES string of the molecule is N#CC(Cl)Cc1ccc([N+](=O)[O-])cc1Cl. The molecule has 0 saturated carbocycles. The summed E-state index contributed by atoms with van der Waals surface area (Å²) in [5.74, 6) is 0. The number of nitriles is 1. The van der Waals surface area contributed by atoms with Gasteiger partial charge in [-0.25, -0.2) is 0 Å². The van der Waals surface area contributed by atoms with Gasteiger partial charge in [0.25, 0.3) is 5.69 Å². The van der Waals surface area contributed by atoms with E-state index in [-0.39, 0.29) is 17.1 Å². The lowest BCUT2D eigenvalue weighted by Crippen LogP contribution is -2.00. The summed E-state index contributed by atoms with van der Waals surface area (Å²) in [6.07, 6.45) is 0.273. The van der Waals surface area contributed by atoms with Gasteiger partial charge in [0.15, 0.2) is 0 Å². The summed E-state index contributed by atoms with van der Waals surface area (Å²) in [4.78, 5) is 9.88. The zero-order chi connectivity index (χ0) is 11.4. The molecule has 0 saturated heterocycles. The third-order valence-corrected chi connectivity index (χ3v) is 2.39. The predicted molar refractivity (Wildman–Crippen MR) is 57.1 cm³/mol. The molecule has 1 rings (SSSR count). The molecule has 4 nitrogen and oxygen atoms in total. The molecule has 0 amide bonds. The second-order valence-corrected chi connectivity index (χ2v) is 3.77. The molecule has 15 heavy (non-hydrogen) atoms. The van der Waals surface area contributed by atoms with Crippen molar-refractivity contribution < 1.29 is 4.92 Å². The summed E-state index contributed by atoms with van der Waals surface area (Å²) in [5.41, 5.74) is 0.552. The molecule has 1 aromatic rings. The summed E-state index contributed by atoms with van der Waals surface area (Å²) in [5, 5.41) is 18.5. The Kier molecular flexibility index (Phi) is 3.89. The van der Waals surface area contributed by atoms with Crippen LogP contribution in [0, 0.1) is 21.4 Å². The Morgan fingerprint density at radius 1 is 1.60 bits per heavy atom. The molecular weight excluding hydrogens is 239 g/mol. The minimum Gasteiger partial charge on any atom is -0.258 e. The van der Waals surface area contributed by atoms with Crippen LogP contribution in [0.3, 0.4) is 0 Å². The number of halogens is 2. The number of benzene rings is 1. The fourth-order valence-electron chi connectivity index (χ4n) is 1.05. The molecule has 0 aliphatic carbocycles. The fourth-order valence-corrected chi connectivity index (χ4v) is 1.47. The minimum atomic E-state index is -0.677. The number of nitrogens with zero attached hydrogens (tertiary/aromatic N) is 2. The van der Waals surface area contributed by atoms with E-state index in [2.05, 4.69) is 0 Å². The number of hydrogen-bond acceptors (Lipinski definition) is 3. The van der Waals surface area contributed by atoms with Crippen LogP contribution in [0.4, 0.5) is 5.69 Å². The fraction of sp³-hybridized carbons (Fsp3) is 0.222.